The van der Waals surface area contributed by atoms with Crippen molar-refractivity contribution in [2.24, 2.45) is 11.0 Å². The summed E-state index contributed by atoms with van der Waals surface area (Å²) >= 11 is 0. The Kier molecular flexibility index (Phi) is 3.58. The third-order valence-electron chi connectivity index (χ3n) is 0. The summed E-state index contributed by atoms with van der Waals surface area (Å²) < 4.78 is 9.22. The van der Waals surface area contributed by atoms with Crippen LogP contribution in [0.15, 0.2) is 0 Å². The lowest BCUT2D eigenvalue weighted by Crippen LogP contribution is -2.16. The summed E-state index contributed by atoms with van der Waals surface area (Å²) in [6.07, 6.45) is 0. The van der Waals surface area contributed by atoms with E-state index in [2.05, 4.69) is 11.0 Å². The average Bonchev–Trinajstić information content (AvgIpc) is 0.722. The van der Waals surface area contributed by atoms with Crippen LogP contribution in [0, 0.1) is 0 Å². The molecule has 0 fully saturated rings. The molecule has 0 amide bonds. The van der Waals surface area contributed by atoms with Gasteiger partial charge in [0.2, 0.25) is 0 Å². The summed E-state index contributed by atoms with van der Waals surface area (Å²) in [5, 5.41) is 0. The minimum atomic E-state index is -3.89. The molecule has 0 bridgehead atoms. The minimum absolute atomic E-state index is 0. The van der Waals surface area contributed by atoms with Gasteiger partial charge in [-0.2, -0.15) is 0 Å². The zero-order chi connectivity index (χ0) is 4.50. The number of nitrogens with two attached hydrogens (primary N) is 2. The maximum atomic E-state index is 9.22. The summed E-state index contributed by atoms with van der Waals surface area (Å²) in [5.41, 5.74) is 8.26. The molecule has 0 aliphatic heterocycles. The lowest BCUT2D eigenvalue weighted by molar-refractivity contribution is -0.175. The molecule has 0 aliphatic carbocycles. The lowest BCUT2D eigenvalue weighted by Gasteiger charge is -2.05. The largest absolute Gasteiger partial charge is 0.776 e. The fourth-order valence-electron chi connectivity index (χ4n) is 0. The normalized spacial score (nSPS) is 9.83. The van der Waals surface area contributed by atoms with Crippen molar-refractivity contribution < 1.29 is 9.46 Å². The highest BCUT2D eigenvalue weighted by atomic mass is 31.2. The Bertz CT molecular complexity index is 54.9. The molecule has 0 unspecified atom stereocenters. The van der Waals surface area contributed by atoms with Crippen LogP contribution in [0.5, 0.6) is 0 Å². The first-order chi connectivity index (χ1) is 2.00. The van der Waals surface area contributed by atoms with Gasteiger partial charge >= 0.3 is 0 Å². The first-order valence-corrected chi connectivity index (χ1v) is 2.64. The van der Waals surface area contributed by atoms with Crippen molar-refractivity contribution in [2.45, 2.75) is 0 Å². The maximum absolute atomic E-state index is 9.22. The second kappa shape index (κ2) is 2.28. The Balaban J connectivity index is 0. The predicted octanol–water partition coefficient (Wildman–Crippen LogP) is -1.25. The van der Waals surface area contributed by atoms with Crippen molar-refractivity contribution in [3.8, 4) is 0 Å². The fraction of sp³-hybridized carbons (Fsp3) is 0. The highest BCUT2D eigenvalue weighted by molar-refractivity contribution is 7.51. The zero-order valence-corrected chi connectivity index (χ0v) is 4.31. The fourth-order valence-corrected chi connectivity index (χ4v) is 0. The summed E-state index contributed by atoms with van der Waals surface area (Å²) in [5.74, 6) is 0. The molecule has 0 heterocycles. The van der Waals surface area contributed by atoms with Crippen molar-refractivity contribution in [1.82, 2.24) is 6.15 Å². The Labute approximate surface area is 35.5 Å². The molecule has 0 aromatic carbocycles. The summed E-state index contributed by atoms with van der Waals surface area (Å²) in [7, 11) is -3.89. The number of rotatable bonds is 0. The van der Waals surface area contributed by atoms with Gasteiger partial charge < -0.3 is 15.6 Å². The van der Waals surface area contributed by atoms with Crippen LogP contribution in [0.25, 0.3) is 0 Å². The van der Waals surface area contributed by atoms with Gasteiger partial charge in [0.25, 0.3) is 0 Å². The van der Waals surface area contributed by atoms with Crippen LogP contribution < -0.4 is 22.1 Å². The summed E-state index contributed by atoms with van der Waals surface area (Å²) in [6, 6.07) is 0. The van der Waals surface area contributed by atoms with Crippen molar-refractivity contribution in [3.05, 3.63) is 0 Å². The number of hydrogen-bond donors (Lipinski definition) is 3. The molecule has 0 rings (SSSR count). The van der Waals surface area contributed by atoms with Crippen LogP contribution in [-0.2, 0) is 4.57 Å². The van der Waals surface area contributed by atoms with Crippen LogP contribution in [-0.4, -0.2) is 0 Å². The van der Waals surface area contributed by atoms with Gasteiger partial charge in [0.05, 0.1) is 0 Å². The Morgan fingerprint density at radius 3 is 1.50 bits per heavy atom. The molecular formula is H8N3O2P. The highest BCUT2D eigenvalue weighted by Gasteiger charge is 1.76. The van der Waals surface area contributed by atoms with E-state index in [-0.39, 0.29) is 6.15 Å². The molecule has 40 valence electrons. The topological polar surface area (TPSA) is 129 Å². The summed E-state index contributed by atoms with van der Waals surface area (Å²) in [4.78, 5) is 9.22. The van der Waals surface area contributed by atoms with Crippen LogP contribution >= 0.6 is 7.67 Å². The Morgan fingerprint density at radius 1 is 1.50 bits per heavy atom. The lowest BCUT2D eigenvalue weighted by atomic mass is 13.9. The van der Waals surface area contributed by atoms with E-state index in [0.717, 1.165) is 0 Å². The van der Waals surface area contributed by atoms with Gasteiger partial charge in [0, 0.05) is 0 Å². The van der Waals surface area contributed by atoms with E-state index in [0.29, 0.717) is 0 Å². The van der Waals surface area contributed by atoms with E-state index in [4.69, 9.17) is 0 Å². The van der Waals surface area contributed by atoms with Crippen LogP contribution in [0.3, 0.4) is 0 Å². The molecule has 0 aromatic rings. The van der Waals surface area contributed by atoms with Gasteiger partial charge in [0.1, 0.15) is 7.67 Å². The number of quaternary nitrogens is 1. The SMILES string of the molecule is NP(N)(=O)[O-].[NH4+]. The monoisotopic (exact) mass is 113 g/mol. The van der Waals surface area contributed by atoms with Crippen molar-refractivity contribution in [2.75, 3.05) is 0 Å². The second-order valence-electron chi connectivity index (χ2n) is 0.645. The minimum Gasteiger partial charge on any atom is -0.776 e. The molecule has 6 heavy (non-hydrogen) atoms. The molecule has 0 aliphatic rings. The van der Waals surface area contributed by atoms with E-state index in [1.165, 1.54) is 0 Å². The van der Waals surface area contributed by atoms with Crippen LogP contribution in [0.1, 0.15) is 0 Å². The van der Waals surface area contributed by atoms with E-state index in [9.17, 15) is 9.46 Å². The standard InChI is InChI=1S/H5N2O2P.H3N/c1-5(2,3)4;/h(H5,1,2,3,4);1H3. The molecule has 0 saturated carbocycles. The molecule has 5 nitrogen and oxygen atoms in total. The van der Waals surface area contributed by atoms with E-state index < -0.39 is 7.67 Å². The van der Waals surface area contributed by atoms with E-state index in [1.54, 1.807) is 0 Å². The average molecular weight is 113 g/mol. The molecule has 0 spiro atoms. The first-order valence-electron chi connectivity index (χ1n) is 0.882. The van der Waals surface area contributed by atoms with Crippen molar-refractivity contribution in [1.29, 1.82) is 0 Å². The van der Waals surface area contributed by atoms with Gasteiger partial charge in [-0.25, -0.2) is 0 Å². The van der Waals surface area contributed by atoms with Gasteiger partial charge in [-0.3, -0.25) is 11.0 Å². The molecule has 0 radical (unpaired) electrons. The zero-order valence-electron chi connectivity index (χ0n) is 3.42. The molecule has 0 saturated heterocycles. The third kappa shape index (κ3) is 7830. The molecule has 0 aromatic heterocycles. The molecular weight excluding hydrogens is 105 g/mol. The second-order valence-corrected chi connectivity index (χ2v) is 1.94. The number of hydrogen-bond acceptors (Lipinski definition) is 2. The Hall–Kier alpha value is 0.0700. The predicted molar refractivity (Wildman–Crippen MR) is 22.0 cm³/mol. The van der Waals surface area contributed by atoms with Crippen LogP contribution in [0.4, 0.5) is 0 Å². The molecule has 0 atom stereocenters. The maximum Gasteiger partial charge on any atom is 0.138 e. The smallest absolute Gasteiger partial charge is 0.138 e. The van der Waals surface area contributed by atoms with E-state index in [1.807, 2.05) is 0 Å². The highest BCUT2D eigenvalue weighted by Crippen LogP contribution is 2.05. The van der Waals surface area contributed by atoms with Gasteiger partial charge in [0.15, 0.2) is 0 Å². The quantitative estimate of drug-likeness (QED) is 0.339. The van der Waals surface area contributed by atoms with Crippen molar-refractivity contribution in [3.63, 3.8) is 0 Å². The third-order valence-corrected chi connectivity index (χ3v) is 0. The van der Waals surface area contributed by atoms with Crippen LogP contribution in [0.2, 0.25) is 0 Å². The first kappa shape index (κ1) is 9.42. The van der Waals surface area contributed by atoms with Gasteiger partial charge in [-0.05, 0) is 0 Å². The van der Waals surface area contributed by atoms with Crippen molar-refractivity contribution >= 4 is 7.67 Å². The van der Waals surface area contributed by atoms with Gasteiger partial charge in [-0.1, -0.05) is 0 Å². The summed E-state index contributed by atoms with van der Waals surface area (Å²) in [6.45, 7) is 0. The Morgan fingerprint density at radius 2 is 1.50 bits per heavy atom. The van der Waals surface area contributed by atoms with Gasteiger partial charge in [-0.15, -0.1) is 0 Å². The molecule has 8 N–H and O–H groups in total. The molecule has 6 heteroatoms. The van der Waals surface area contributed by atoms with E-state index >= 15 is 0 Å².